The minimum absolute atomic E-state index is 0.110. The van der Waals surface area contributed by atoms with Crippen molar-refractivity contribution in [3.63, 3.8) is 0 Å². The summed E-state index contributed by atoms with van der Waals surface area (Å²) in [5.41, 5.74) is 2.53. The van der Waals surface area contributed by atoms with E-state index in [1.807, 2.05) is 11.8 Å². The van der Waals surface area contributed by atoms with E-state index in [2.05, 4.69) is 46.4 Å². The quantitative estimate of drug-likeness (QED) is 0.928. The van der Waals surface area contributed by atoms with Crippen LogP contribution in [-0.2, 0) is 16.0 Å². The van der Waals surface area contributed by atoms with Gasteiger partial charge in [-0.3, -0.25) is 9.89 Å². The van der Waals surface area contributed by atoms with E-state index >= 15 is 0 Å². The molecule has 1 saturated carbocycles. The first-order valence-corrected chi connectivity index (χ1v) is 9.04. The smallest absolute Gasteiger partial charge is 0.226 e. The number of nitrogens with zero attached hydrogens (tertiary/aromatic N) is 3. The molecule has 1 N–H and O–H groups in total. The number of hydrogen-bond donors (Lipinski definition) is 1. The molecule has 1 aromatic heterocycles. The van der Waals surface area contributed by atoms with Crippen LogP contribution >= 0.6 is 0 Å². The third-order valence-electron chi connectivity index (χ3n) is 5.13. The minimum Gasteiger partial charge on any atom is -0.366 e. The van der Waals surface area contributed by atoms with Crippen molar-refractivity contribution >= 4 is 5.91 Å². The molecule has 1 aliphatic carbocycles. The number of carbonyl (C=O) groups is 1. The Morgan fingerprint density at radius 3 is 3.08 bits per heavy atom. The lowest BCUT2D eigenvalue weighted by atomic mass is 10.1. The monoisotopic (exact) mass is 340 g/mol. The van der Waals surface area contributed by atoms with Gasteiger partial charge >= 0.3 is 0 Å². The van der Waals surface area contributed by atoms with Gasteiger partial charge in [-0.25, -0.2) is 4.98 Å². The average Bonchev–Trinajstić information content (AvgIpc) is 3.30. The highest BCUT2D eigenvalue weighted by Gasteiger charge is 2.46. The molecule has 3 atom stereocenters. The molecule has 132 valence electrons. The Hall–Kier alpha value is -2.21. The van der Waals surface area contributed by atoms with Gasteiger partial charge in [0, 0.05) is 18.9 Å². The van der Waals surface area contributed by atoms with E-state index in [1.165, 1.54) is 11.1 Å². The fraction of sp³-hybridized carbons (Fsp3) is 0.526. The average molecular weight is 340 g/mol. The molecule has 1 amide bonds. The number of aromatic amines is 1. The maximum Gasteiger partial charge on any atom is 0.226 e. The molecule has 2 aliphatic rings. The lowest BCUT2D eigenvalue weighted by molar-refractivity contribution is -0.140. The molecular formula is C19H24N4O2. The summed E-state index contributed by atoms with van der Waals surface area (Å²) in [6.45, 7) is 5.85. The molecule has 1 aromatic carbocycles. The largest absolute Gasteiger partial charge is 0.366 e. The highest BCUT2D eigenvalue weighted by atomic mass is 16.5. The van der Waals surface area contributed by atoms with Crippen molar-refractivity contribution in [2.75, 3.05) is 19.7 Å². The van der Waals surface area contributed by atoms with Crippen LogP contribution < -0.4 is 0 Å². The van der Waals surface area contributed by atoms with E-state index in [0.29, 0.717) is 31.4 Å². The van der Waals surface area contributed by atoms with Crippen LogP contribution in [0.2, 0.25) is 0 Å². The van der Waals surface area contributed by atoms with Gasteiger partial charge in [0.1, 0.15) is 11.9 Å². The Balaban J connectivity index is 1.41. The molecule has 25 heavy (non-hydrogen) atoms. The Bertz CT molecular complexity index is 772. The molecule has 1 saturated heterocycles. The van der Waals surface area contributed by atoms with Gasteiger partial charge in [0.15, 0.2) is 5.82 Å². The predicted octanol–water partition coefficient (Wildman–Crippen LogP) is 2.38. The molecule has 0 spiro atoms. The number of benzene rings is 1. The van der Waals surface area contributed by atoms with Crippen molar-refractivity contribution in [3.8, 4) is 0 Å². The van der Waals surface area contributed by atoms with Crippen molar-refractivity contribution in [2.45, 2.75) is 38.7 Å². The fourth-order valence-electron chi connectivity index (χ4n) is 3.59. The lowest BCUT2D eigenvalue weighted by Gasteiger charge is -2.32. The van der Waals surface area contributed by atoms with Gasteiger partial charge in [-0.2, -0.15) is 5.10 Å². The molecule has 4 rings (SSSR count). The number of carbonyl (C=O) groups excluding carboxylic acids is 1. The Kier molecular flexibility index (Phi) is 4.29. The topological polar surface area (TPSA) is 71.1 Å². The normalized spacial score (nSPS) is 25.8. The molecule has 6 heteroatoms. The van der Waals surface area contributed by atoms with Crippen molar-refractivity contribution in [1.29, 1.82) is 0 Å². The third-order valence-corrected chi connectivity index (χ3v) is 5.13. The number of rotatable bonds is 4. The molecule has 1 aliphatic heterocycles. The number of amides is 1. The first-order chi connectivity index (χ1) is 12.2. The van der Waals surface area contributed by atoms with Crippen LogP contribution in [0.1, 0.15) is 48.1 Å². The van der Waals surface area contributed by atoms with E-state index in [-0.39, 0.29) is 17.9 Å². The molecule has 0 radical (unpaired) electrons. The Morgan fingerprint density at radius 2 is 2.32 bits per heavy atom. The van der Waals surface area contributed by atoms with Gasteiger partial charge in [0.05, 0.1) is 13.2 Å². The molecule has 2 heterocycles. The summed E-state index contributed by atoms with van der Waals surface area (Å²) in [6.07, 6.45) is 1.53. The predicted molar refractivity (Wildman–Crippen MR) is 93.1 cm³/mol. The minimum atomic E-state index is -0.231. The van der Waals surface area contributed by atoms with Crippen LogP contribution in [0.5, 0.6) is 0 Å². The van der Waals surface area contributed by atoms with E-state index in [1.54, 1.807) is 0 Å². The first kappa shape index (κ1) is 16.3. The zero-order chi connectivity index (χ0) is 17.4. The maximum atomic E-state index is 12.9. The van der Waals surface area contributed by atoms with Crippen molar-refractivity contribution in [2.24, 2.45) is 5.92 Å². The van der Waals surface area contributed by atoms with Crippen molar-refractivity contribution in [3.05, 3.63) is 47.0 Å². The molecule has 6 nitrogen and oxygen atoms in total. The zero-order valence-electron chi connectivity index (χ0n) is 14.7. The van der Waals surface area contributed by atoms with Gasteiger partial charge in [0.25, 0.3) is 0 Å². The molecule has 2 fully saturated rings. The fourth-order valence-corrected chi connectivity index (χ4v) is 3.59. The zero-order valence-corrected chi connectivity index (χ0v) is 14.7. The summed E-state index contributed by atoms with van der Waals surface area (Å²) in [7, 11) is 0. The second kappa shape index (κ2) is 6.59. The van der Waals surface area contributed by atoms with E-state index in [0.717, 1.165) is 18.7 Å². The van der Waals surface area contributed by atoms with Crippen molar-refractivity contribution < 1.29 is 9.53 Å². The van der Waals surface area contributed by atoms with Crippen LogP contribution in [0.3, 0.4) is 0 Å². The highest BCUT2D eigenvalue weighted by molar-refractivity contribution is 5.83. The number of morpholine rings is 1. The summed E-state index contributed by atoms with van der Waals surface area (Å²) in [5.74, 6) is 2.22. The van der Waals surface area contributed by atoms with E-state index < -0.39 is 0 Å². The number of ether oxygens (including phenoxy) is 1. The molecule has 0 bridgehead atoms. The highest BCUT2D eigenvalue weighted by Crippen LogP contribution is 2.48. The SMILES string of the molecule is CCc1nc([C@@H]2CN(C(=O)[C@H]3C[C@H]3c3cccc(C)c3)CCO2)n[nH]1. The second-order valence-electron chi connectivity index (χ2n) is 7.00. The number of aryl methyl sites for hydroxylation is 2. The van der Waals surface area contributed by atoms with E-state index in [9.17, 15) is 4.79 Å². The number of hydrogen-bond acceptors (Lipinski definition) is 4. The van der Waals surface area contributed by atoms with Crippen LogP contribution in [0, 0.1) is 12.8 Å². The van der Waals surface area contributed by atoms with Crippen LogP contribution in [-0.4, -0.2) is 45.7 Å². The first-order valence-electron chi connectivity index (χ1n) is 9.04. The maximum absolute atomic E-state index is 12.9. The van der Waals surface area contributed by atoms with Crippen LogP contribution in [0.4, 0.5) is 0 Å². The van der Waals surface area contributed by atoms with Gasteiger partial charge < -0.3 is 9.64 Å². The standard InChI is InChI=1S/C19H24N4O2/c1-3-17-20-18(22-21-17)16-11-23(7-8-25-16)19(24)15-10-14(15)13-6-4-5-12(2)9-13/h4-6,9,14-16H,3,7-8,10-11H2,1-2H3,(H,20,21,22)/t14-,15-,16-/m0/s1. The molecule has 2 aromatic rings. The van der Waals surface area contributed by atoms with Gasteiger partial charge in [-0.15, -0.1) is 0 Å². The van der Waals surface area contributed by atoms with Crippen molar-refractivity contribution in [1.82, 2.24) is 20.1 Å². The molecular weight excluding hydrogens is 316 g/mol. The van der Waals surface area contributed by atoms with Crippen LogP contribution in [0.25, 0.3) is 0 Å². The van der Waals surface area contributed by atoms with Gasteiger partial charge in [-0.1, -0.05) is 36.8 Å². The molecule has 0 unspecified atom stereocenters. The number of nitrogens with one attached hydrogen (secondary N) is 1. The van der Waals surface area contributed by atoms with Gasteiger partial charge in [-0.05, 0) is 24.8 Å². The van der Waals surface area contributed by atoms with E-state index in [4.69, 9.17) is 4.74 Å². The summed E-state index contributed by atoms with van der Waals surface area (Å²) in [6, 6.07) is 8.49. The summed E-state index contributed by atoms with van der Waals surface area (Å²) in [5, 5.41) is 7.16. The number of aromatic nitrogens is 3. The summed E-state index contributed by atoms with van der Waals surface area (Å²) in [4.78, 5) is 19.3. The Morgan fingerprint density at radius 1 is 1.44 bits per heavy atom. The lowest BCUT2D eigenvalue weighted by Crippen LogP contribution is -2.43. The second-order valence-corrected chi connectivity index (χ2v) is 7.00. The Labute approximate surface area is 147 Å². The van der Waals surface area contributed by atoms with Crippen LogP contribution in [0.15, 0.2) is 24.3 Å². The summed E-state index contributed by atoms with van der Waals surface area (Å²) >= 11 is 0. The third kappa shape index (κ3) is 3.31. The summed E-state index contributed by atoms with van der Waals surface area (Å²) < 4.78 is 5.79. The van der Waals surface area contributed by atoms with Gasteiger partial charge in [0.2, 0.25) is 5.91 Å². The number of H-pyrrole nitrogens is 1.